The van der Waals surface area contributed by atoms with Crippen molar-refractivity contribution in [3.8, 4) is 5.75 Å². The molecule has 0 aromatic carbocycles. The molecule has 0 bridgehead atoms. The first-order valence-corrected chi connectivity index (χ1v) is 10.9. The Labute approximate surface area is 149 Å². The maximum Gasteiger partial charge on any atom is 0.211 e. The summed E-state index contributed by atoms with van der Waals surface area (Å²) in [5.41, 5.74) is 3.33. The van der Waals surface area contributed by atoms with Crippen LogP contribution in [0.3, 0.4) is 0 Å². The number of sulfonamides is 1. The molecule has 3 aliphatic heterocycles. The van der Waals surface area contributed by atoms with Gasteiger partial charge in [0.1, 0.15) is 11.9 Å². The van der Waals surface area contributed by atoms with Crippen LogP contribution in [0.15, 0.2) is 18.3 Å². The van der Waals surface area contributed by atoms with Crippen molar-refractivity contribution in [1.82, 2.24) is 14.6 Å². The molecule has 4 rings (SSSR count). The second-order valence-corrected chi connectivity index (χ2v) is 9.21. The molecule has 3 aliphatic rings. The van der Waals surface area contributed by atoms with Crippen LogP contribution in [0.4, 0.5) is 0 Å². The van der Waals surface area contributed by atoms with Gasteiger partial charge in [0.25, 0.3) is 0 Å². The lowest BCUT2D eigenvalue weighted by Gasteiger charge is -2.27. The molecule has 1 aromatic rings. The Morgan fingerprint density at radius 2 is 2.12 bits per heavy atom. The third-order valence-corrected chi connectivity index (χ3v) is 6.80. The summed E-state index contributed by atoms with van der Waals surface area (Å²) in [6.07, 6.45) is 9.37. The summed E-state index contributed by atoms with van der Waals surface area (Å²) < 4.78 is 30.9. The van der Waals surface area contributed by atoms with Crippen LogP contribution in [0, 0.1) is 5.92 Å². The second kappa shape index (κ2) is 6.70. The van der Waals surface area contributed by atoms with Crippen molar-refractivity contribution in [1.29, 1.82) is 0 Å². The van der Waals surface area contributed by atoms with Crippen LogP contribution in [-0.4, -0.2) is 56.2 Å². The van der Waals surface area contributed by atoms with Crippen LogP contribution in [0.2, 0.25) is 0 Å². The van der Waals surface area contributed by atoms with Gasteiger partial charge in [0.05, 0.1) is 18.1 Å². The van der Waals surface area contributed by atoms with Crippen molar-refractivity contribution < 1.29 is 13.2 Å². The summed E-state index contributed by atoms with van der Waals surface area (Å²) >= 11 is 0. The molecule has 1 unspecified atom stereocenters. The van der Waals surface area contributed by atoms with Gasteiger partial charge in [-0.25, -0.2) is 8.42 Å². The predicted octanol–water partition coefficient (Wildman–Crippen LogP) is 1.43. The highest BCUT2D eigenvalue weighted by Crippen LogP contribution is 2.35. The number of pyridine rings is 1. The fraction of sp³-hybridized carbons (Fsp3) is 0.611. The van der Waals surface area contributed by atoms with Crippen LogP contribution in [0.25, 0.3) is 5.57 Å². The van der Waals surface area contributed by atoms with E-state index in [9.17, 15) is 8.42 Å². The van der Waals surface area contributed by atoms with Crippen molar-refractivity contribution >= 4 is 15.6 Å². The number of nitrogens with zero attached hydrogens (tertiary/aromatic N) is 2. The fourth-order valence-electron chi connectivity index (χ4n) is 4.01. The summed E-state index contributed by atoms with van der Waals surface area (Å²) in [6, 6.07) is 2.14. The quantitative estimate of drug-likeness (QED) is 0.880. The number of ether oxygens (including phenoxy) is 1. The monoisotopic (exact) mass is 363 g/mol. The molecule has 0 radical (unpaired) electrons. The average Bonchev–Trinajstić information content (AvgIpc) is 3.05. The van der Waals surface area contributed by atoms with Crippen LogP contribution < -0.4 is 10.1 Å². The number of rotatable bonds is 3. The minimum atomic E-state index is -3.12. The minimum Gasteiger partial charge on any atom is -0.488 e. The van der Waals surface area contributed by atoms with Crippen molar-refractivity contribution in [3.63, 3.8) is 0 Å². The minimum absolute atomic E-state index is 0.273. The van der Waals surface area contributed by atoms with Gasteiger partial charge in [-0.05, 0) is 49.9 Å². The van der Waals surface area contributed by atoms with E-state index in [1.807, 2.05) is 12.3 Å². The van der Waals surface area contributed by atoms with E-state index in [0.717, 1.165) is 36.5 Å². The van der Waals surface area contributed by atoms with Gasteiger partial charge in [0.2, 0.25) is 10.0 Å². The number of fused-ring (bicyclic) bond motifs is 1. The second-order valence-electron chi connectivity index (χ2n) is 7.23. The van der Waals surface area contributed by atoms with Gasteiger partial charge in [-0.15, -0.1) is 0 Å². The molecular formula is C18H25N3O3S. The summed E-state index contributed by atoms with van der Waals surface area (Å²) in [4.78, 5) is 4.57. The highest BCUT2D eigenvalue weighted by Gasteiger charge is 2.32. The van der Waals surface area contributed by atoms with E-state index in [0.29, 0.717) is 25.4 Å². The molecule has 0 amide bonds. The van der Waals surface area contributed by atoms with E-state index in [1.54, 1.807) is 0 Å². The van der Waals surface area contributed by atoms with Crippen molar-refractivity contribution in [2.45, 2.75) is 31.8 Å². The number of hydrogen-bond acceptors (Lipinski definition) is 5. The van der Waals surface area contributed by atoms with E-state index in [2.05, 4.69) is 16.4 Å². The topological polar surface area (TPSA) is 71.5 Å². The number of hydrogen-bond donors (Lipinski definition) is 1. The normalized spacial score (nSPS) is 25.3. The molecule has 7 heteroatoms. The van der Waals surface area contributed by atoms with Crippen LogP contribution in [0.1, 0.15) is 30.5 Å². The Kier molecular flexibility index (Phi) is 4.56. The number of aromatic nitrogens is 1. The first kappa shape index (κ1) is 17.0. The number of piperidine rings is 1. The van der Waals surface area contributed by atoms with Gasteiger partial charge in [-0.2, -0.15) is 4.31 Å². The van der Waals surface area contributed by atoms with Gasteiger partial charge in [-0.3, -0.25) is 4.98 Å². The maximum absolute atomic E-state index is 11.6. The van der Waals surface area contributed by atoms with Gasteiger partial charge < -0.3 is 10.1 Å². The van der Waals surface area contributed by atoms with E-state index in [4.69, 9.17) is 4.74 Å². The summed E-state index contributed by atoms with van der Waals surface area (Å²) in [6.45, 7) is 3.11. The molecule has 1 saturated heterocycles. The molecular weight excluding hydrogens is 338 g/mol. The van der Waals surface area contributed by atoms with E-state index in [-0.39, 0.29) is 6.10 Å². The first-order valence-electron chi connectivity index (χ1n) is 9.01. The van der Waals surface area contributed by atoms with Gasteiger partial charge >= 0.3 is 0 Å². The zero-order valence-electron chi connectivity index (χ0n) is 14.6. The van der Waals surface area contributed by atoms with Gasteiger partial charge in [0.15, 0.2) is 0 Å². The Balaban J connectivity index is 1.47. The number of nitrogens with one attached hydrogen (secondary N) is 1. The lowest BCUT2D eigenvalue weighted by Crippen LogP contribution is -2.36. The molecule has 4 heterocycles. The molecule has 136 valence electrons. The third kappa shape index (κ3) is 3.59. The molecule has 0 saturated carbocycles. The van der Waals surface area contributed by atoms with Crippen molar-refractivity contribution in [2.24, 2.45) is 5.92 Å². The molecule has 1 aromatic heterocycles. The zero-order chi connectivity index (χ0) is 17.4. The Morgan fingerprint density at radius 1 is 1.32 bits per heavy atom. The summed E-state index contributed by atoms with van der Waals surface area (Å²) in [7, 11) is -3.12. The molecule has 1 N–H and O–H groups in total. The van der Waals surface area contributed by atoms with Gasteiger partial charge in [-0.1, -0.05) is 6.08 Å². The fourth-order valence-corrected chi connectivity index (χ4v) is 4.78. The van der Waals surface area contributed by atoms with E-state index < -0.39 is 10.0 Å². The lowest BCUT2D eigenvalue weighted by molar-refractivity contribution is 0.133. The Bertz CT molecular complexity index is 785. The molecule has 0 spiro atoms. The SMILES string of the molecule is CS(=O)(=O)N1CC=C(c2cc3c(cn2)OC(C2CCNCC2)C3)CC1. The molecule has 25 heavy (non-hydrogen) atoms. The van der Waals surface area contributed by atoms with Crippen molar-refractivity contribution in [3.05, 3.63) is 29.6 Å². The molecule has 6 nitrogen and oxygen atoms in total. The van der Waals surface area contributed by atoms with E-state index >= 15 is 0 Å². The standard InChI is InChI=1S/C18H25N3O3S/c1-25(22,23)21-8-4-13(5-9-21)16-10-15-11-17(24-18(15)12-20-16)14-2-6-19-7-3-14/h4,10,12,14,17,19H,2-3,5-9,11H2,1H3. The van der Waals surface area contributed by atoms with E-state index in [1.165, 1.54) is 29.0 Å². The summed E-state index contributed by atoms with van der Waals surface area (Å²) in [5, 5.41) is 3.40. The summed E-state index contributed by atoms with van der Waals surface area (Å²) in [5.74, 6) is 1.54. The smallest absolute Gasteiger partial charge is 0.211 e. The van der Waals surface area contributed by atoms with Crippen LogP contribution in [-0.2, 0) is 16.4 Å². The predicted molar refractivity (Wildman–Crippen MR) is 97.0 cm³/mol. The lowest BCUT2D eigenvalue weighted by atomic mass is 9.89. The molecule has 1 atom stereocenters. The largest absolute Gasteiger partial charge is 0.488 e. The molecule has 1 fully saturated rings. The highest BCUT2D eigenvalue weighted by atomic mass is 32.2. The van der Waals surface area contributed by atoms with Gasteiger partial charge in [0, 0.05) is 25.1 Å². The Hall–Kier alpha value is -1.44. The average molecular weight is 363 g/mol. The zero-order valence-corrected chi connectivity index (χ0v) is 15.4. The van der Waals surface area contributed by atoms with Crippen LogP contribution >= 0.6 is 0 Å². The van der Waals surface area contributed by atoms with Crippen molar-refractivity contribution in [2.75, 3.05) is 32.4 Å². The first-order chi connectivity index (χ1) is 12.0. The highest BCUT2D eigenvalue weighted by molar-refractivity contribution is 7.88. The maximum atomic E-state index is 11.6. The third-order valence-electron chi connectivity index (χ3n) is 5.53. The molecule has 0 aliphatic carbocycles. The van der Waals surface area contributed by atoms with Crippen LogP contribution in [0.5, 0.6) is 5.75 Å². The Morgan fingerprint density at radius 3 is 2.80 bits per heavy atom.